The highest BCUT2D eigenvalue weighted by Crippen LogP contribution is 2.33. The van der Waals surface area contributed by atoms with Crippen LogP contribution in [0.2, 0.25) is 0 Å². The van der Waals surface area contributed by atoms with E-state index in [9.17, 15) is 23.1 Å². The number of rotatable bonds is 4. The number of amides is 1. The highest BCUT2D eigenvalue weighted by atomic mass is 32.2. The number of aromatic nitrogens is 1. The standard InChI is InChI=1S/C29H31N3O5S/c33-28(31-14-11-19-5-1-2-6-21(19)18-31)20-12-15-32(16-13-20)38(36,37)22-9-10-26-24(17-22)27(29(34)35)23-7-3-4-8-25(23)30-26/h1-2,5-6,9-10,17,20H,3-4,7-8,11-16,18H2,(H,34,35). The number of aryl methyl sites for hydroxylation is 1. The van der Waals surface area contributed by atoms with E-state index in [0.717, 1.165) is 36.9 Å². The zero-order valence-corrected chi connectivity index (χ0v) is 22.0. The number of carboxylic acid groups (broad SMARTS) is 1. The molecule has 1 N–H and O–H groups in total. The highest BCUT2D eigenvalue weighted by molar-refractivity contribution is 7.89. The van der Waals surface area contributed by atoms with Gasteiger partial charge in [-0.1, -0.05) is 24.3 Å². The fourth-order valence-corrected chi connectivity index (χ4v) is 7.74. The molecule has 1 amide bonds. The lowest BCUT2D eigenvalue weighted by atomic mass is 9.90. The number of carboxylic acids is 1. The van der Waals surface area contributed by atoms with Crippen LogP contribution in [0.5, 0.6) is 0 Å². The molecule has 0 radical (unpaired) electrons. The second kappa shape index (κ2) is 9.78. The summed E-state index contributed by atoms with van der Waals surface area (Å²) in [4.78, 5) is 32.1. The average molecular weight is 534 g/mol. The van der Waals surface area contributed by atoms with Crippen LogP contribution in [0.15, 0.2) is 47.4 Å². The van der Waals surface area contributed by atoms with Crippen LogP contribution in [-0.2, 0) is 40.6 Å². The molecule has 6 rings (SSSR count). The largest absolute Gasteiger partial charge is 0.478 e. The zero-order chi connectivity index (χ0) is 26.4. The zero-order valence-electron chi connectivity index (χ0n) is 21.2. The molecule has 1 saturated heterocycles. The van der Waals surface area contributed by atoms with Crippen molar-refractivity contribution in [2.24, 2.45) is 5.92 Å². The Balaban J connectivity index is 1.20. The van der Waals surface area contributed by atoms with E-state index in [-0.39, 0.29) is 35.4 Å². The van der Waals surface area contributed by atoms with Gasteiger partial charge < -0.3 is 10.0 Å². The lowest BCUT2D eigenvalue weighted by Gasteiger charge is -2.35. The maximum atomic E-state index is 13.6. The number of hydrogen-bond donors (Lipinski definition) is 1. The van der Waals surface area contributed by atoms with E-state index in [2.05, 4.69) is 17.1 Å². The van der Waals surface area contributed by atoms with E-state index in [1.807, 2.05) is 17.0 Å². The fourth-order valence-electron chi connectivity index (χ4n) is 6.24. The minimum atomic E-state index is -3.84. The van der Waals surface area contributed by atoms with Gasteiger partial charge >= 0.3 is 5.97 Å². The summed E-state index contributed by atoms with van der Waals surface area (Å²) in [6.07, 6.45) is 5.03. The number of carbonyl (C=O) groups is 2. The van der Waals surface area contributed by atoms with Gasteiger partial charge in [0.2, 0.25) is 15.9 Å². The van der Waals surface area contributed by atoms with Crippen molar-refractivity contribution in [2.75, 3.05) is 19.6 Å². The molecular weight excluding hydrogens is 502 g/mol. The normalized spacial score (nSPS) is 18.7. The molecule has 9 heteroatoms. The van der Waals surface area contributed by atoms with Crippen molar-refractivity contribution in [2.45, 2.75) is 56.4 Å². The van der Waals surface area contributed by atoms with E-state index in [1.54, 1.807) is 6.07 Å². The van der Waals surface area contributed by atoms with Crippen LogP contribution in [0.4, 0.5) is 0 Å². The first kappa shape index (κ1) is 25.0. The Morgan fingerprint density at radius 1 is 0.921 bits per heavy atom. The predicted molar refractivity (Wildman–Crippen MR) is 142 cm³/mol. The monoisotopic (exact) mass is 533 g/mol. The summed E-state index contributed by atoms with van der Waals surface area (Å²) in [7, 11) is -3.84. The third-order valence-electron chi connectivity index (χ3n) is 8.33. The molecule has 1 aromatic heterocycles. The van der Waals surface area contributed by atoms with Crippen molar-refractivity contribution in [1.29, 1.82) is 0 Å². The Kier molecular flexibility index (Phi) is 6.44. The minimum absolute atomic E-state index is 0.0717. The molecule has 1 fully saturated rings. The molecule has 1 aliphatic carbocycles. The quantitative estimate of drug-likeness (QED) is 0.547. The molecule has 0 atom stereocenters. The molecule has 3 aliphatic rings. The number of carbonyl (C=O) groups excluding carboxylic acids is 1. The van der Waals surface area contributed by atoms with Crippen LogP contribution < -0.4 is 0 Å². The van der Waals surface area contributed by atoms with E-state index < -0.39 is 16.0 Å². The van der Waals surface area contributed by atoms with Crippen LogP contribution in [0.25, 0.3) is 10.9 Å². The third-order valence-corrected chi connectivity index (χ3v) is 10.2. The molecule has 0 spiro atoms. The van der Waals surface area contributed by atoms with Gasteiger partial charge in [0, 0.05) is 43.2 Å². The molecule has 3 heterocycles. The van der Waals surface area contributed by atoms with Gasteiger partial charge in [-0.15, -0.1) is 0 Å². The number of pyridine rings is 1. The number of benzene rings is 2. The maximum absolute atomic E-state index is 13.6. The highest BCUT2D eigenvalue weighted by Gasteiger charge is 2.35. The van der Waals surface area contributed by atoms with Gasteiger partial charge in [0.1, 0.15) is 0 Å². The van der Waals surface area contributed by atoms with Crippen molar-refractivity contribution in [3.63, 3.8) is 0 Å². The first-order chi connectivity index (χ1) is 18.3. The van der Waals surface area contributed by atoms with Gasteiger partial charge in [-0.2, -0.15) is 4.31 Å². The molecule has 0 unspecified atom stereocenters. The summed E-state index contributed by atoms with van der Waals surface area (Å²) >= 11 is 0. The summed E-state index contributed by atoms with van der Waals surface area (Å²) < 4.78 is 28.6. The molecule has 0 bridgehead atoms. The van der Waals surface area contributed by atoms with Crippen molar-refractivity contribution < 1.29 is 23.1 Å². The Labute approximate surface area is 222 Å². The molecule has 0 saturated carbocycles. The van der Waals surface area contributed by atoms with Gasteiger partial charge in [0.15, 0.2) is 0 Å². The number of fused-ring (bicyclic) bond motifs is 3. The molecule has 2 aliphatic heterocycles. The van der Waals surface area contributed by atoms with Crippen LogP contribution in [0.1, 0.15) is 58.4 Å². The van der Waals surface area contributed by atoms with E-state index in [1.165, 1.54) is 27.6 Å². The van der Waals surface area contributed by atoms with E-state index in [0.29, 0.717) is 43.3 Å². The minimum Gasteiger partial charge on any atom is -0.478 e. The summed E-state index contributed by atoms with van der Waals surface area (Å²) in [5.74, 6) is -1.15. The van der Waals surface area contributed by atoms with Gasteiger partial charge in [-0.05, 0) is 79.8 Å². The van der Waals surface area contributed by atoms with Crippen LogP contribution >= 0.6 is 0 Å². The SMILES string of the molecule is O=C(O)c1c2c(nc3ccc(S(=O)(=O)N4CCC(C(=O)N5CCc6ccccc6C5)CC4)cc13)CCCC2. The Bertz CT molecular complexity index is 1540. The van der Waals surface area contributed by atoms with Crippen LogP contribution in [0, 0.1) is 5.92 Å². The number of hydrogen-bond acceptors (Lipinski definition) is 5. The van der Waals surface area contributed by atoms with Gasteiger partial charge in [-0.3, -0.25) is 9.78 Å². The van der Waals surface area contributed by atoms with E-state index >= 15 is 0 Å². The van der Waals surface area contributed by atoms with Crippen molar-refractivity contribution in [3.05, 3.63) is 70.4 Å². The number of sulfonamides is 1. The topological polar surface area (TPSA) is 108 Å². The van der Waals surface area contributed by atoms with Crippen molar-refractivity contribution in [1.82, 2.24) is 14.2 Å². The Morgan fingerprint density at radius 2 is 1.66 bits per heavy atom. The van der Waals surface area contributed by atoms with Crippen LogP contribution in [0.3, 0.4) is 0 Å². The molecule has 198 valence electrons. The van der Waals surface area contributed by atoms with Gasteiger partial charge in [-0.25, -0.2) is 13.2 Å². The first-order valence-electron chi connectivity index (χ1n) is 13.4. The lowest BCUT2D eigenvalue weighted by Crippen LogP contribution is -2.45. The lowest BCUT2D eigenvalue weighted by molar-refractivity contribution is -0.137. The van der Waals surface area contributed by atoms with Crippen LogP contribution in [-0.4, -0.2) is 59.2 Å². The maximum Gasteiger partial charge on any atom is 0.336 e. The summed E-state index contributed by atoms with van der Waals surface area (Å²) in [5.41, 5.74) is 4.68. The van der Waals surface area contributed by atoms with Crippen molar-refractivity contribution >= 4 is 32.8 Å². The van der Waals surface area contributed by atoms with Crippen molar-refractivity contribution in [3.8, 4) is 0 Å². The van der Waals surface area contributed by atoms with Gasteiger partial charge in [0.05, 0.1) is 16.0 Å². The average Bonchev–Trinajstić information content (AvgIpc) is 2.94. The number of aromatic carboxylic acids is 1. The Hall–Kier alpha value is -3.30. The Morgan fingerprint density at radius 3 is 2.42 bits per heavy atom. The second-order valence-corrected chi connectivity index (χ2v) is 12.5. The summed E-state index contributed by atoms with van der Waals surface area (Å²) in [6, 6.07) is 12.8. The second-order valence-electron chi connectivity index (χ2n) is 10.6. The predicted octanol–water partition coefficient (Wildman–Crippen LogP) is 3.80. The third kappa shape index (κ3) is 4.37. The van der Waals surface area contributed by atoms with E-state index in [4.69, 9.17) is 0 Å². The summed E-state index contributed by atoms with van der Waals surface area (Å²) in [6.45, 7) is 1.81. The molecule has 3 aromatic rings. The first-order valence-corrected chi connectivity index (χ1v) is 14.8. The van der Waals surface area contributed by atoms with Gasteiger partial charge in [0.25, 0.3) is 0 Å². The summed E-state index contributed by atoms with van der Waals surface area (Å²) in [5, 5.41) is 10.4. The molecule has 38 heavy (non-hydrogen) atoms. The fraction of sp³-hybridized carbons (Fsp3) is 0.414. The molecule has 8 nitrogen and oxygen atoms in total. The number of nitrogens with zero attached hydrogens (tertiary/aromatic N) is 3. The number of piperidine rings is 1. The smallest absolute Gasteiger partial charge is 0.336 e. The molecule has 2 aromatic carbocycles. The molecular formula is C29H31N3O5S.